The van der Waals surface area contributed by atoms with Gasteiger partial charge in [0.1, 0.15) is 6.61 Å². The molecule has 0 aliphatic heterocycles. The number of amides is 1. The lowest BCUT2D eigenvalue weighted by atomic mass is 10.2. The molecule has 1 aromatic carbocycles. The standard InChI is InChI=1S/C13H13F3N2O3S/c1-7(5-20-6-13(14,15)16)17-11(19)8-2-3-9-10(4-8)21-12(22)18-9/h2-4,7H,5-6H2,1H3,(H,17,19)(H,18,22)/t7-/m0/s1. The van der Waals surface area contributed by atoms with Crippen LogP contribution in [0.15, 0.2) is 22.6 Å². The minimum Gasteiger partial charge on any atom is -0.429 e. The molecule has 9 heteroatoms. The molecule has 1 atom stereocenters. The van der Waals surface area contributed by atoms with Gasteiger partial charge in [-0.3, -0.25) is 4.79 Å². The predicted octanol–water partition coefficient (Wildman–Crippen LogP) is 3.19. The third-order valence-corrected chi connectivity index (χ3v) is 2.88. The molecule has 22 heavy (non-hydrogen) atoms. The molecule has 1 heterocycles. The normalized spacial score (nSPS) is 13.3. The number of aromatic nitrogens is 1. The second-order valence-electron chi connectivity index (χ2n) is 4.73. The average molecular weight is 334 g/mol. The molecule has 0 radical (unpaired) electrons. The molecular weight excluding hydrogens is 321 g/mol. The van der Waals surface area contributed by atoms with E-state index < -0.39 is 24.7 Å². The van der Waals surface area contributed by atoms with E-state index in [0.29, 0.717) is 16.7 Å². The molecule has 0 bridgehead atoms. The van der Waals surface area contributed by atoms with E-state index in [1.54, 1.807) is 19.1 Å². The number of ether oxygens (including phenoxy) is 1. The predicted molar refractivity (Wildman–Crippen MR) is 75.2 cm³/mol. The Kier molecular flexibility index (Phi) is 4.87. The van der Waals surface area contributed by atoms with E-state index in [4.69, 9.17) is 16.6 Å². The number of H-pyrrole nitrogens is 1. The molecule has 0 aliphatic carbocycles. The molecule has 1 aromatic heterocycles. The summed E-state index contributed by atoms with van der Waals surface area (Å²) in [7, 11) is 0. The first kappa shape index (κ1) is 16.5. The van der Waals surface area contributed by atoms with Gasteiger partial charge in [0.05, 0.1) is 12.1 Å². The number of rotatable bonds is 5. The Morgan fingerprint density at radius 2 is 2.23 bits per heavy atom. The third-order valence-electron chi connectivity index (χ3n) is 2.69. The van der Waals surface area contributed by atoms with Crippen LogP contribution in [0.1, 0.15) is 17.3 Å². The fraction of sp³-hybridized carbons (Fsp3) is 0.385. The lowest BCUT2D eigenvalue weighted by Gasteiger charge is -2.15. The van der Waals surface area contributed by atoms with Crippen molar-refractivity contribution in [3.63, 3.8) is 0 Å². The topological polar surface area (TPSA) is 67.3 Å². The van der Waals surface area contributed by atoms with E-state index in [-0.39, 0.29) is 11.4 Å². The quantitative estimate of drug-likeness (QED) is 0.824. The molecule has 2 aromatic rings. The lowest BCUT2D eigenvalue weighted by molar-refractivity contribution is -0.174. The van der Waals surface area contributed by atoms with Crippen LogP contribution in [0.4, 0.5) is 13.2 Å². The van der Waals surface area contributed by atoms with Gasteiger partial charge in [-0.05, 0) is 37.3 Å². The van der Waals surface area contributed by atoms with Gasteiger partial charge in [0.25, 0.3) is 10.7 Å². The van der Waals surface area contributed by atoms with Crippen molar-refractivity contribution in [1.82, 2.24) is 10.3 Å². The van der Waals surface area contributed by atoms with Crippen LogP contribution in [-0.2, 0) is 4.74 Å². The summed E-state index contributed by atoms with van der Waals surface area (Å²) >= 11 is 4.84. The van der Waals surface area contributed by atoms with Crippen LogP contribution >= 0.6 is 12.2 Å². The fourth-order valence-electron chi connectivity index (χ4n) is 1.79. The van der Waals surface area contributed by atoms with Gasteiger partial charge in [-0.2, -0.15) is 13.2 Å². The minimum atomic E-state index is -4.38. The highest BCUT2D eigenvalue weighted by Gasteiger charge is 2.27. The maximum Gasteiger partial charge on any atom is 0.411 e. The number of fused-ring (bicyclic) bond motifs is 1. The minimum absolute atomic E-state index is 0.196. The van der Waals surface area contributed by atoms with Crippen LogP contribution in [0, 0.1) is 4.84 Å². The Morgan fingerprint density at radius 1 is 1.50 bits per heavy atom. The summed E-state index contributed by atoms with van der Waals surface area (Å²) in [4.78, 5) is 15.0. The monoisotopic (exact) mass is 334 g/mol. The summed E-state index contributed by atoms with van der Waals surface area (Å²) in [5, 5.41) is 2.54. The molecule has 0 aliphatic rings. The zero-order valence-electron chi connectivity index (χ0n) is 11.5. The van der Waals surface area contributed by atoms with Crippen molar-refractivity contribution in [3.05, 3.63) is 28.6 Å². The van der Waals surface area contributed by atoms with Crippen LogP contribution in [0.3, 0.4) is 0 Å². The second-order valence-corrected chi connectivity index (χ2v) is 5.10. The Labute approximate surface area is 128 Å². The zero-order valence-corrected chi connectivity index (χ0v) is 12.3. The van der Waals surface area contributed by atoms with Gasteiger partial charge in [-0.25, -0.2) is 0 Å². The van der Waals surface area contributed by atoms with Gasteiger partial charge in [0.2, 0.25) is 0 Å². The largest absolute Gasteiger partial charge is 0.429 e. The summed E-state index contributed by atoms with van der Waals surface area (Å²) in [6, 6.07) is 4.12. The Hall–Kier alpha value is -1.87. The summed E-state index contributed by atoms with van der Waals surface area (Å²) in [5.41, 5.74) is 1.40. The van der Waals surface area contributed by atoms with Crippen molar-refractivity contribution in [2.45, 2.75) is 19.1 Å². The molecule has 0 spiro atoms. The number of alkyl halides is 3. The number of benzene rings is 1. The molecule has 2 N–H and O–H groups in total. The van der Waals surface area contributed by atoms with Crippen LogP contribution in [0.25, 0.3) is 11.1 Å². The van der Waals surface area contributed by atoms with Crippen molar-refractivity contribution in [3.8, 4) is 0 Å². The number of aromatic amines is 1. The number of carbonyl (C=O) groups excluding carboxylic acids is 1. The van der Waals surface area contributed by atoms with Crippen molar-refractivity contribution in [2.75, 3.05) is 13.2 Å². The van der Waals surface area contributed by atoms with Gasteiger partial charge < -0.3 is 19.5 Å². The van der Waals surface area contributed by atoms with E-state index in [0.717, 1.165) is 0 Å². The maximum absolute atomic E-state index is 12.0. The van der Waals surface area contributed by atoms with Gasteiger partial charge in [-0.15, -0.1) is 0 Å². The molecule has 1 amide bonds. The second kappa shape index (κ2) is 6.49. The Bertz CT molecular complexity index is 723. The van der Waals surface area contributed by atoms with E-state index in [2.05, 4.69) is 15.0 Å². The maximum atomic E-state index is 12.0. The number of oxazole rings is 1. The van der Waals surface area contributed by atoms with Crippen molar-refractivity contribution in [1.29, 1.82) is 0 Å². The lowest BCUT2D eigenvalue weighted by Crippen LogP contribution is -2.36. The first-order chi connectivity index (χ1) is 10.2. The van der Waals surface area contributed by atoms with Crippen molar-refractivity contribution in [2.24, 2.45) is 0 Å². The number of nitrogens with one attached hydrogen (secondary N) is 2. The highest BCUT2D eigenvalue weighted by atomic mass is 32.1. The molecule has 2 rings (SSSR count). The number of halogens is 3. The first-order valence-electron chi connectivity index (χ1n) is 6.33. The van der Waals surface area contributed by atoms with Gasteiger partial charge in [0, 0.05) is 11.6 Å². The molecule has 0 unspecified atom stereocenters. The Morgan fingerprint density at radius 3 is 2.91 bits per heavy atom. The average Bonchev–Trinajstić information content (AvgIpc) is 2.75. The molecule has 5 nitrogen and oxygen atoms in total. The van der Waals surface area contributed by atoms with Crippen molar-refractivity contribution < 1.29 is 27.1 Å². The van der Waals surface area contributed by atoms with Gasteiger partial charge >= 0.3 is 6.18 Å². The van der Waals surface area contributed by atoms with E-state index in [9.17, 15) is 18.0 Å². The summed E-state index contributed by atoms with van der Waals surface area (Å²) in [6.45, 7) is -0.0316. The highest BCUT2D eigenvalue weighted by molar-refractivity contribution is 7.71. The van der Waals surface area contributed by atoms with Crippen LogP contribution in [0.5, 0.6) is 0 Å². The highest BCUT2D eigenvalue weighted by Crippen LogP contribution is 2.16. The SMILES string of the molecule is C[C@@H](COCC(F)(F)F)NC(=O)c1ccc2[nH]c(=S)oc2c1. The first-order valence-corrected chi connectivity index (χ1v) is 6.73. The third kappa shape index (κ3) is 4.57. The van der Waals surface area contributed by atoms with E-state index in [1.165, 1.54) is 6.07 Å². The van der Waals surface area contributed by atoms with Gasteiger partial charge in [-0.1, -0.05) is 0 Å². The fourth-order valence-corrected chi connectivity index (χ4v) is 1.99. The van der Waals surface area contributed by atoms with Crippen LogP contribution < -0.4 is 5.32 Å². The van der Waals surface area contributed by atoms with Crippen molar-refractivity contribution >= 4 is 29.2 Å². The molecule has 0 saturated heterocycles. The summed E-state index contributed by atoms with van der Waals surface area (Å²) in [6.07, 6.45) is -4.38. The smallest absolute Gasteiger partial charge is 0.411 e. The molecule has 120 valence electrons. The van der Waals surface area contributed by atoms with Crippen LogP contribution in [0.2, 0.25) is 0 Å². The zero-order chi connectivity index (χ0) is 16.3. The number of hydrogen-bond donors (Lipinski definition) is 2. The molecular formula is C13H13F3N2O3S. The van der Waals surface area contributed by atoms with Crippen LogP contribution in [-0.4, -0.2) is 36.3 Å². The molecule has 0 saturated carbocycles. The number of carbonyl (C=O) groups is 1. The van der Waals surface area contributed by atoms with E-state index in [1.807, 2.05) is 0 Å². The Balaban J connectivity index is 1.93. The summed E-state index contributed by atoms with van der Waals surface area (Å²) < 4.78 is 45.5. The number of hydrogen-bond acceptors (Lipinski definition) is 4. The van der Waals surface area contributed by atoms with Gasteiger partial charge in [0.15, 0.2) is 5.58 Å². The molecule has 0 fully saturated rings. The van der Waals surface area contributed by atoms with E-state index >= 15 is 0 Å². The summed E-state index contributed by atoms with van der Waals surface area (Å²) in [5.74, 6) is -0.438.